The van der Waals surface area contributed by atoms with Crippen LogP contribution in [0.5, 0.6) is 0 Å². The Balaban J connectivity index is 1.68. The van der Waals surface area contributed by atoms with Crippen LogP contribution in [0.4, 0.5) is 4.79 Å². The van der Waals surface area contributed by atoms with Crippen molar-refractivity contribution in [2.24, 2.45) is 5.41 Å². The maximum absolute atomic E-state index is 11.3. The Hall–Kier alpha value is -0.770. The highest BCUT2D eigenvalue weighted by atomic mass is 16.6. The number of amides is 1. The van der Waals surface area contributed by atoms with Crippen molar-refractivity contribution in [2.45, 2.75) is 32.8 Å². The maximum atomic E-state index is 11.3. The molecule has 0 aromatic rings. The number of hydrogen-bond acceptors (Lipinski definition) is 3. The van der Waals surface area contributed by atoms with Crippen molar-refractivity contribution in [3.05, 3.63) is 0 Å². The summed E-state index contributed by atoms with van der Waals surface area (Å²) < 4.78 is 10.5. The van der Waals surface area contributed by atoms with E-state index in [1.165, 1.54) is 0 Å². The van der Waals surface area contributed by atoms with E-state index in [1.54, 1.807) is 4.90 Å². The molecule has 2 rings (SSSR count). The third kappa shape index (κ3) is 1.95. The van der Waals surface area contributed by atoms with Crippen LogP contribution in [0, 0.1) is 5.41 Å². The molecule has 0 unspecified atom stereocenters. The summed E-state index contributed by atoms with van der Waals surface area (Å²) in [6.45, 7) is 6.83. The normalized spacial score (nSPS) is 23.5. The summed E-state index contributed by atoms with van der Waals surface area (Å²) in [5, 5.41) is 0. The molecule has 86 valence electrons. The van der Waals surface area contributed by atoms with Crippen molar-refractivity contribution in [3.63, 3.8) is 0 Å². The number of ether oxygens (including phenoxy) is 2. The minimum atomic E-state index is -0.164. The van der Waals surface area contributed by atoms with E-state index in [0.717, 1.165) is 32.5 Å². The van der Waals surface area contributed by atoms with Crippen molar-refractivity contribution >= 4 is 6.09 Å². The molecule has 1 spiro atoms. The molecule has 1 saturated carbocycles. The highest BCUT2D eigenvalue weighted by Gasteiger charge is 2.54. The van der Waals surface area contributed by atoms with Crippen LogP contribution in [-0.2, 0) is 9.47 Å². The zero-order valence-corrected chi connectivity index (χ0v) is 9.49. The second-order valence-electron chi connectivity index (χ2n) is 4.54. The fourth-order valence-corrected chi connectivity index (χ4v) is 2.63. The van der Waals surface area contributed by atoms with Crippen LogP contribution in [0.15, 0.2) is 0 Å². The van der Waals surface area contributed by atoms with Gasteiger partial charge < -0.3 is 14.4 Å². The van der Waals surface area contributed by atoms with Gasteiger partial charge in [0.2, 0.25) is 0 Å². The average Bonchev–Trinajstić information content (AvgIpc) is 2.07. The zero-order chi connectivity index (χ0) is 10.9. The van der Waals surface area contributed by atoms with Crippen LogP contribution < -0.4 is 0 Å². The Bertz CT molecular complexity index is 240. The van der Waals surface area contributed by atoms with Crippen LogP contribution in [0.3, 0.4) is 0 Å². The molecule has 0 atom stereocenters. The van der Waals surface area contributed by atoms with E-state index in [0.29, 0.717) is 18.1 Å². The molecule has 15 heavy (non-hydrogen) atoms. The highest BCUT2D eigenvalue weighted by Crippen LogP contribution is 2.49. The highest BCUT2D eigenvalue weighted by molar-refractivity contribution is 5.69. The van der Waals surface area contributed by atoms with Gasteiger partial charge in [-0.05, 0) is 26.7 Å². The van der Waals surface area contributed by atoms with Gasteiger partial charge in [0.25, 0.3) is 0 Å². The monoisotopic (exact) mass is 213 g/mol. The smallest absolute Gasteiger partial charge is 0.409 e. The quantitative estimate of drug-likeness (QED) is 0.715. The fraction of sp³-hybridized carbons (Fsp3) is 0.909. The number of carbonyl (C=O) groups is 1. The number of hydrogen-bond donors (Lipinski definition) is 0. The van der Waals surface area contributed by atoms with Gasteiger partial charge >= 0.3 is 6.09 Å². The molecular weight excluding hydrogens is 194 g/mol. The van der Waals surface area contributed by atoms with Crippen LogP contribution >= 0.6 is 0 Å². The second-order valence-corrected chi connectivity index (χ2v) is 4.54. The molecule has 1 amide bonds. The Kier molecular flexibility index (Phi) is 2.87. The van der Waals surface area contributed by atoms with Crippen LogP contribution in [0.2, 0.25) is 0 Å². The molecule has 1 aliphatic carbocycles. The SMILES string of the molecule is CCOC(=O)N1CC2(CC(OCC)C2)C1. The summed E-state index contributed by atoms with van der Waals surface area (Å²) in [5.74, 6) is 0. The molecule has 4 heteroatoms. The van der Waals surface area contributed by atoms with Crippen molar-refractivity contribution in [1.82, 2.24) is 4.90 Å². The molecule has 1 aliphatic heterocycles. The van der Waals surface area contributed by atoms with Crippen molar-refractivity contribution in [1.29, 1.82) is 0 Å². The summed E-state index contributed by atoms with van der Waals surface area (Å²) in [5.41, 5.74) is 0.368. The molecular formula is C11H19NO3. The van der Waals surface area contributed by atoms with E-state index in [1.807, 2.05) is 13.8 Å². The summed E-state index contributed by atoms with van der Waals surface area (Å²) >= 11 is 0. The summed E-state index contributed by atoms with van der Waals surface area (Å²) in [6.07, 6.45) is 2.48. The first-order chi connectivity index (χ1) is 7.19. The zero-order valence-electron chi connectivity index (χ0n) is 9.49. The predicted molar refractivity (Wildman–Crippen MR) is 55.7 cm³/mol. The third-order valence-electron chi connectivity index (χ3n) is 3.30. The van der Waals surface area contributed by atoms with Crippen LogP contribution in [0.25, 0.3) is 0 Å². The summed E-state index contributed by atoms with van der Waals surface area (Å²) in [7, 11) is 0. The molecule has 0 aromatic carbocycles. The first-order valence-corrected chi connectivity index (χ1v) is 5.72. The minimum Gasteiger partial charge on any atom is -0.450 e. The van der Waals surface area contributed by atoms with Gasteiger partial charge in [-0.25, -0.2) is 4.79 Å². The Labute approximate surface area is 90.5 Å². The van der Waals surface area contributed by atoms with E-state index < -0.39 is 0 Å². The first kappa shape index (κ1) is 10.7. The van der Waals surface area contributed by atoms with Crippen LogP contribution in [-0.4, -0.2) is 43.4 Å². The van der Waals surface area contributed by atoms with Crippen molar-refractivity contribution in [3.8, 4) is 0 Å². The largest absolute Gasteiger partial charge is 0.450 e. The van der Waals surface area contributed by atoms with Gasteiger partial charge in [-0.1, -0.05) is 0 Å². The Morgan fingerprint density at radius 3 is 2.53 bits per heavy atom. The summed E-state index contributed by atoms with van der Waals surface area (Å²) in [4.78, 5) is 13.1. The number of rotatable bonds is 3. The second kappa shape index (κ2) is 4.00. The average molecular weight is 213 g/mol. The minimum absolute atomic E-state index is 0.164. The number of carbonyl (C=O) groups excluding carboxylic acids is 1. The lowest BCUT2D eigenvalue weighted by atomic mass is 9.62. The maximum Gasteiger partial charge on any atom is 0.409 e. The number of nitrogens with zero attached hydrogens (tertiary/aromatic N) is 1. The van der Waals surface area contributed by atoms with E-state index in [-0.39, 0.29) is 6.09 Å². The van der Waals surface area contributed by atoms with Gasteiger partial charge in [-0.2, -0.15) is 0 Å². The van der Waals surface area contributed by atoms with Gasteiger partial charge in [0.05, 0.1) is 12.7 Å². The fourth-order valence-electron chi connectivity index (χ4n) is 2.63. The lowest BCUT2D eigenvalue weighted by Crippen LogP contribution is -2.65. The number of likely N-dealkylation sites (tertiary alicyclic amines) is 1. The van der Waals surface area contributed by atoms with E-state index in [4.69, 9.17) is 9.47 Å². The van der Waals surface area contributed by atoms with E-state index >= 15 is 0 Å². The Morgan fingerprint density at radius 1 is 1.33 bits per heavy atom. The van der Waals surface area contributed by atoms with Gasteiger partial charge in [0.1, 0.15) is 0 Å². The van der Waals surface area contributed by atoms with E-state index in [9.17, 15) is 4.79 Å². The molecule has 2 aliphatic rings. The topological polar surface area (TPSA) is 38.8 Å². The molecule has 0 radical (unpaired) electrons. The third-order valence-corrected chi connectivity index (χ3v) is 3.30. The molecule has 4 nitrogen and oxygen atoms in total. The van der Waals surface area contributed by atoms with Gasteiger partial charge in [-0.15, -0.1) is 0 Å². The molecule has 1 saturated heterocycles. The van der Waals surface area contributed by atoms with Crippen LogP contribution in [0.1, 0.15) is 26.7 Å². The lowest BCUT2D eigenvalue weighted by molar-refractivity contribution is -0.140. The predicted octanol–water partition coefficient (Wildman–Crippen LogP) is 1.64. The molecule has 0 N–H and O–H groups in total. The summed E-state index contributed by atoms with van der Waals surface area (Å²) in [6, 6.07) is 0. The van der Waals surface area contributed by atoms with Gasteiger partial charge in [0.15, 0.2) is 0 Å². The van der Waals surface area contributed by atoms with Gasteiger partial charge in [0, 0.05) is 25.1 Å². The van der Waals surface area contributed by atoms with Gasteiger partial charge in [-0.3, -0.25) is 0 Å². The Morgan fingerprint density at radius 2 is 2.00 bits per heavy atom. The van der Waals surface area contributed by atoms with Crippen molar-refractivity contribution in [2.75, 3.05) is 26.3 Å². The lowest BCUT2D eigenvalue weighted by Gasteiger charge is -2.58. The molecule has 2 fully saturated rings. The standard InChI is InChI=1S/C11H19NO3/c1-3-14-9-5-11(6-9)7-12(8-11)10(13)15-4-2/h9H,3-8H2,1-2H3. The molecule has 1 heterocycles. The first-order valence-electron chi connectivity index (χ1n) is 5.72. The van der Waals surface area contributed by atoms with E-state index in [2.05, 4.69) is 0 Å². The molecule has 0 bridgehead atoms. The molecule has 0 aromatic heterocycles. The van der Waals surface area contributed by atoms with Crippen molar-refractivity contribution < 1.29 is 14.3 Å².